The zero-order valence-electron chi connectivity index (χ0n) is 9.40. The average molecular weight is 211 g/mol. The van der Waals surface area contributed by atoms with Crippen LogP contribution in [0.4, 0.5) is 11.9 Å². The van der Waals surface area contributed by atoms with Gasteiger partial charge in [-0.05, 0) is 6.42 Å². The number of nitrogen functional groups attached to an aromatic ring is 1. The van der Waals surface area contributed by atoms with Gasteiger partial charge < -0.3 is 15.4 Å². The molecule has 2 N–H and O–H groups in total. The average Bonchev–Trinajstić information content (AvgIpc) is 2.24. The van der Waals surface area contributed by atoms with Gasteiger partial charge in [-0.15, -0.1) is 0 Å². The van der Waals surface area contributed by atoms with E-state index in [1.165, 1.54) is 7.11 Å². The van der Waals surface area contributed by atoms with Crippen LogP contribution < -0.4 is 15.4 Å². The highest BCUT2D eigenvalue weighted by Crippen LogP contribution is 2.11. The van der Waals surface area contributed by atoms with Crippen molar-refractivity contribution in [2.24, 2.45) is 0 Å². The minimum Gasteiger partial charge on any atom is -0.467 e. The van der Waals surface area contributed by atoms with Gasteiger partial charge in [-0.1, -0.05) is 13.3 Å². The number of hydrogen-bond acceptors (Lipinski definition) is 6. The van der Waals surface area contributed by atoms with E-state index < -0.39 is 0 Å². The summed E-state index contributed by atoms with van der Waals surface area (Å²) in [5.41, 5.74) is 5.53. The van der Waals surface area contributed by atoms with E-state index >= 15 is 0 Å². The second-order valence-electron chi connectivity index (χ2n) is 3.26. The first-order valence-electron chi connectivity index (χ1n) is 4.94. The van der Waals surface area contributed by atoms with E-state index in [-0.39, 0.29) is 12.0 Å². The number of anilines is 2. The van der Waals surface area contributed by atoms with Gasteiger partial charge in [0.2, 0.25) is 11.9 Å². The highest BCUT2D eigenvalue weighted by atomic mass is 16.5. The third-order valence-electron chi connectivity index (χ3n) is 1.99. The van der Waals surface area contributed by atoms with Gasteiger partial charge in [-0.25, -0.2) is 0 Å². The van der Waals surface area contributed by atoms with E-state index in [9.17, 15) is 0 Å². The molecule has 6 nitrogen and oxygen atoms in total. The predicted molar refractivity (Wildman–Crippen MR) is 59.0 cm³/mol. The molecule has 0 aliphatic heterocycles. The van der Waals surface area contributed by atoms with Crippen molar-refractivity contribution in [2.75, 3.05) is 31.3 Å². The van der Waals surface area contributed by atoms with Gasteiger partial charge in [0.1, 0.15) is 0 Å². The van der Waals surface area contributed by atoms with Gasteiger partial charge >= 0.3 is 6.01 Å². The molecule has 15 heavy (non-hydrogen) atoms. The number of aromatic nitrogens is 3. The largest absolute Gasteiger partial charge is 0.467 e. The summed E-state index contributed by atoms with van der Waals surface area (Å²) in [5.74, 6) is 0.730. The summed E-state index contributed by atoms with van der Waals surface area (Å²) < 4.78 is 4.92. The van der Waals surface area contributed by atoms with Crippen LogP contribution in [0.5, 0.6) is 6.01 Å². The Balaban J connectivity index is 2.78. The van der Waals surface area contributed by atoms with Crippen molar-refractivity contribution in [3.05, 3.63) is 0 Å². The summed E-state index contributed by atoms with van der Waals surface area (Å²) in [6, 6.07) is 0.251. The molecule has 0 aliphatic rings. The lowest BCUT2D eigenvalue weighted by atomic mass is 10.3. The molecule has 1 aromatic rings. The fourth-order valence-corrected chi connectivity index (χ4v) is 1.12. The summed E-state index contributed by atoms with van der Waals surface area (Å²) in [4.78, 5) is 13.9. The molecule has 84 valence electrons. The van der Waals surface area contributed by atoms with Crippen LogP contribution >= 0.6 is 0 Å². The number of nitrogens with zero attached hydrogens (tertiary/aromatic N) is 4. The minimum atomic E-state index is 0.181. The van der Waals surface area contributed by atoms with Crippen LogP contribution in [0.1, 0.15) is 19.8 Å². The van der Waals surface area contributed by atoms with Crippen LogP contribution in [-0.2, 0) is 0 Å². The smallest absolute Gasteiger partial charge is 0.322 e. The SMILES string of the molecule is CCCCN(C)c1nc(N)nc(OC)n1. The number of rotatable bonds is 5. The molecule has 0 spiro atoms. The number of unbranched alkanes of at least 4 members (excludes halogenated alkanes) is 1. The molecule has 1 heterocycles. The molecule has 1 rings (SSSR count). The molecule has 0 atom stereocenters. The van der Waals surface area contributed by atoms with Crippen molar-refractivity contribution in [2.45, 2.75) is 19.8 Å². The minimum absolute atomic E-state index is 0.181. The van der Waals surface area contributed by atoms with Crippen LogP contribution in [0.25, 0.3) is 0 Å². The highest BCUT2D eigenvalue weighted by molar-refractivity contribution is 5.34. The van der Waals surface area contributed by atoms with Crippen molar-refractivity contribution in [3.63, 3.8) is 0 Å². The van der Waals surface area contributed by atoms with Gasteiger partial charge in [-0.2, -0.15) is 15.0 Å². The van der Waals surface area contributed by atoms with Crippen molar-refractivity contribution >= 4 is 11.9 Å². The Hall–Kier alpha value is -1.59. The van der Waals surface area contributed by atoms with E-state index in [2.05, 4.69) is 21.9 Å². The first-order valence-corrected chi connectivity index (χ1v) is 4.94. The molecule has 0 unspecified atom stereocenters. The quantitative estimate of drug-likeness (QED) is 0.772. The summed E-state index contributed by atoms with van der Waals surface area (Å²) in [6.07, 6.45) is 2.21. The second-order valence-corrected chi connectivity index (χ2v) is 3.26. The van der Waals surface area contributed by atoms with Crippen LogP contribution in [0.3, 0.4) is 0 Å². The van der Waals surface area contributed by atoms with Crippen LogP contribution in [0.15, 0.2) is 0 Å². The Morgan fingerprint density at radius 1 is 1.33 bits per heavy atom. The maximum Gasteiger partial charge on any atom is 0.322 e. The fraction of sp³-hybridized carbons (Fsp3) is 0.667. The lowest BCUT2D eigenvalue weighted by Crippen LogP contribution is -2.22. The second kappa shape index (κ2) is 5.33. The molecular weight excluding hydrogens is 194 g/mol. The summed E-state index contributed by atoms with van der Waals surface area (Å²) in [6.45, 7) is 3.03. The third-order valence-corrected chi connectivity index (χ3v) is 1.99. The molecule has 0 aliphatic carbocycles. The topological polar surface area (TPSA) is 77.2 Å². The van der Waals surface area contributed by atoms with Gasteiger partial charge in [0.15, 0.2) is 0 Å². The molecule has 0 saturated heterocycles. The molecule has 6 heteroatoms. The fourth-order valence-electron chi connectivity index (χ4n) is 1.12. The number of methoxy groups -OCH3 is 1. The van der Waals surface area contributed by atoms with Crippen molar-refractivity contribution in [3.8, 4) is 6.01 Å². The van der Waals surface area contributed by atoms with Gasteiger partial charge in [0.05, 0.1) is 7.11 Å². The van der Waals surface area contributed by atoms with E-state index in [4.69, 9.17) is 10.5 Å². The van der Waals surface area contributed by atoms with Crippen molar-refractivity contribution in [1.29, 1.82) is 0 Å². The van der Waals surface area contributed by atoms with E-state index in [1.54, 1.807) is 0 Å². The molecule has 0 bridgehead atoms. The predicted octanol–water partition coefficient (Wildman–Crippen LogP) is 0.699. The van der Waals surface area contributed by atoms with Crippen molar-refractivity contribution in [1.82, 2.24) is 15.0 Å². The van der Waals surface area contributed by atoms with Crippen LogP contribution in [0.2, 0.25) is 0 Å². The molecule has 0 saturated carbocycles. The number of hydrogen-bond donors (Lipinski definition) is 1. The monoisotopic (exact) mass is 211 g/mol. The van der Waals surface area contributed by atoms with Gasteiger partial charge in [0, 0.05) is 13.6 Å². The Bertz CT molecular complexity index is 317. The summed E-state index contributed by atoms with van der Waals surface area (Å²) in [5, 5.41) is 0. The summed E-state index contributed by atoms with van der Waals surface area (Å²) >= 11 is 0. The van der Waals surface area contributed by atoms with E-state index in [0.717, 1.165) is 19.4 Å². The zero-order chi connectivity index (χ0) is 11.3. The Morgan fingerprint density at radius 2 is 2.07 bits per heavy atom. The highest BCUT2D eigenvalue weighted by Gasteiger charge is 2.08. The van der Waals surface area contributed by atoms with Crippen LogP contribution in [-0.4, -0.2) is 35.7 Å². The first-order chi connectivity index (χ1) is 7.17. The number of nitrogens with two attached hydrogens (primary N) is 1. The molecule has 0 amide bonds. The lowest BCUT2D eigenvalue weighted by molar-refractivity contribution is 0.379. The molecule has 0 fully saturated rings. The number of ether oxygens (including phenoxy) is 1. The lowest BCUT2D eigenvalue weighted by Gasteiger charge is -2.16. The van der Waals surface area contributed by atoms with Gasteiger partial charge in [-0.3, -0.25) is 0 Å². The molecule has 0 radical (unpaired) electrons. The standard InChI is InChI=1S/C9H17N5O/c1-4-5-6-14(2)8-11-7(10)12-9(13-8)15-3/h4-6H2,1-3H3,(H2,10,11,12,13). The molecule has 0 aromatic carbocycles. The molecule has 1 aromatic heterocycles. The molecular formula is C9H17N5O. The Labute approximate surface area is 89.5 Å². The van der Waals surface area contributed by atoms with E-state index in [1.807, 2.05) is 11.9 Å². The Morgan fingerprint density at radius 3 is 2.67 bits per heavy atom. The van der Waals surface area contributed by atoms with Crippen LogP contribution in [0, 0.1) is 0 Å². The van der Waals surface area contributed by atoms with E-state index in [0.29, 0.717) is 5.95 Å². The zero-order valence-corrected chi connectivity index (χ0v) is 9.40. The third kappa shape index (κ3) is 3.23. The van der Waals surface area contributed by atoms with Crippen molar-refractivity contribution < 1.29 is 4.74 Å². The first kappa shape index (κ1) is 11.5. The van der Waals surface area contributed by atoms with Gasteiger partial charge in [0.25, 0.3) is 0 Å². The Kier molecular flexibility index (Phi) is 4.08. The maximum absolute atomic E-state index is 5.53. The normalized spacial score (nSPS) is 10.1. The summed E-state index contributed by atoms with van der Waals surface area (Å²) in [7, 11) is 3.43. The maximum atomic E-state index is 5.53.